The second-order valence-electron chi connectivity index (χ2n) is 7.32. The third-order valence-corrected chi connectivity index (χ3v) is 4.54. The molecule has 0 unspecified atom stereocenters. The largest absolute Gasteiger partial charge is 0.487 e. The number of aryl methyl sites for hydroxylation is 2. The molecule has 1 aliphatic rings. The highest BCUT2D eigenvalue weighted by Gasteiger charge is 2.34. The zero-order chi connectivity index (χ0) is 18.0. The van der Waals surface area contributed by atoms with E-state index in [9.17, 15) is 9.18 Å². The van der Waals surface area contributed by atoms with Gasteiger partial charge in [-0.3, -0.25) is 4.79 Å². The monoisotopic (exact) mass is 341 g/mol. The van der Waals surface area contributed by atoms with Crippen molar-refractivity contribution < 1.29 is 13.9 Å². The molecule has 0 radical (unpaired) electrons. The molecular weight excluding hydrogens is 317 g/mol. The van der Waals surface area contributed by atoms with Crippen molar-refractivity contribution >= 4 is 5.91 Å². The van der Waals surface area contributed by atoms with Gasteiger partial charge in [0, 0.05) is 18.4 Å². The number of hydrogen-bond acceptors (Lipinski definition) is 2. The minimum Gasteiger partial charge on any atom is -0.487 e. The van der Waals surface area contributed by atoms with Crippen LogP contribution in [0.15, 0.2) is 42.5 Å². The average molecular weight is 341 g/mol. The molecule has 0 saturated carbocycles. The predicted octanol–water partition coefficient (Wildman–Crippen LogP) is 4.49. The number of halogens is 1. The zero-order valence-corrected chi connectivity index (χ0v) is 14.9. The van der Waals surface area contributed by atoms with Crippen LogP contribution >= 0.6 is 0 Å². The van der Waals surface area contributed by atoms with E-state index < -0.39 is 0 Å². The summed E-state index contributed by atoms with van der Waals surface area (Å²) in [7, 11) is 0. The minimum atomic E-state index is -0.343. The fourth-order valence-electron chi connectivity index (χ4n) is 3.30. The molecule has 1 aliphatic heterocycles. The number of rotatable bonds is 4. The van der Waals surface area contributed by atoms with Gasteiger partial charge in [0.05, 0.1) is 6.04 Å². The Morgan fingerprint density at radius 1 is 1.28 bits per heavy atom. The Labute approximate surface area is 148 Å². The second kappa shape index (κ2) is 6.87. The van der Waals surface area contributed by atoms with Crippen molar-refractivity contribution in [2.45, 2.75) is 51.7 Å². The van der Waals surface area contributed by atoms with Gasteiger partial charge in [-0.05, 0) is 50.5 Å². The number of nitrogens with one attached hydrogen (secondary N) is 1. The van der Waals surface area contributed by atoms with Crippen molar-refractivity contribution in [1.82, 2.24) is 5.32 Å². The van der Waals surface area contributed by atoms with Crippen molar-refractivity contribution in [1.29, 1.82) is 0 Å². The number of carbonyl (C=O) groups is 1. The van der Waals surface area contributed by atoms with Crippen LogP contribution in [0.3, 0.4) is 0 Å². The van der Waals surface area contributed by atoms with E-state index in [1.807, 2.05) is 39.0 Å². The Morgan fingerprint density at radius 2 is 2.04 bits per heavy atom. The van der Waals surface area contributed by atoms with Gasteiger partial charge in [0.25, 0.3) is 0 Å². The van der Waals surface area contributed by atoms with Crippen LogP contribution < -0.4 is 10.1 Å². The third-order valence-electron chi connectivity index (χ3n) is 4.54. The van der Waals surface area contributed by atoms with E-state index >= 15 is 0 Å². The highest BCUT2D eigenvalue weighted by Crippen LogP contribution is 2.39. The first-order chi connectivity index (χ1) is 11.8. The summed E-state index contributed by atoms with van der Waals surface area (Å²) in [6.45, 7) is 6.07. The average Bonchev–Trinajstić information content (AvgIpc) is 2.52. The number of amides is 1. The van der Waals surface area contributed by atoms with Crippen LogP contribution in [0.25, 0.3) is 0 Å². The van der Waals surface area contributed by atoms with E-state index in [1.54, 1.807) is 18.2 Å². The van der Waals surface area contributed by atoms with Crippen LogP contribution in [0.4, 0.5) is 4.39 Å². The molecule has 3 rings (SSSR count). The lowest BCUT2D eigenvalue weighted by molar-refractivity contribution is -0.122. The van der Waals surface area contributed by atoms with E-state index in [0.29, 0.717) is 18.4 Å². The molecule has 0 saturated heterocycles. The van der Waals surface area contributed by atoms with Crippen molar-refractivity contribution in [3.05, 3.63) is 65.0 Å². The van der Waals surface area contributed by atoms with Gasteiger partial charge in [-0.15, -0.1) is 0 Å². The van der Waals surface area contributed by atoms with Crippen LogP contribution in [0, 0.1) is 12.7 Å². The number of benzene rings is 2. The normalized spacial score (nSPS) is 18.2. The third kappa shape index (κ3) is 4.19. The van der Waals surface area contributed by atoms with Crippen molar-refractivity contribution in [2.75, 3.05) is 0 Å². The van der Waals surface area contributed by atoms with Crippen molar-refractivity contribution in [3.8, 4) is 5.75 Å². The maximum absolute atomic E-state index is 13.7. The molecule has 0 aromatic heterocycles. The second-order valence-corrected chi connectivity index (χ2v) is 7.32. The van der Waals surface area contributed by atoms with Crippen LogP contribution in [0.2, 0.25) is 0 Å². The molecular formula is C21H24FNO2. The molecule has 4 heteroatoms. The van der Waals surface area contributed by atoms with Crippen LogP contribution in [0.1, 0.15) is 49.4 Å². The molecule has 1 N–H and O–H groups in total. The molecule has 2 aromatic carbocycles. The lowest BCUT2D eigenvalue weighted by Crippen LogP contribution is -2.41. The van der Waals surface area contributed by atoms with E-state index in [2.05, 4.69) is 5.32 Å². The molecule has 3 nitrogen and oxygen atoms in total. The Bertz CT molecular complexity index is 785. The van der Waals surface area contributed by atoms with E-state index in [0.717, 1.165) is 16.9 Å². The Morgan fingerprint density at radius 3 is 2.80 bits per heavy atom. The van der Waals surface area contributed by atoms with Gasteiger partial charge < -0.3 is 10.1 Å². The zero-order valence-electron chi connectivity index (χ0n) is 14.9. The molecule has 0 spiro atoms. The summed E-state index contributed by atoms with van der Waals surface area (Å²) in [5.74, 6) is 0.497. The van der Waals surface area contributed by atoms with E-state index in [1.165, 1.54) is 6.07 Å². The first kappa shape index (κ1) is 17.5. The van der Waals surface area contributed by atoms with Gasteiger partial charge in [0.15, 0.2) is 0 Å². The topological polar surface area (TPSA) is 38.3 Å². The van der Waals surface area contributed by atoms with E-state index in [-0.39, 0.29) is 29.8 Å². The summed E-state index contributed by atoms with van der Waals surface area (Å²) >= 11 is 0. The molecule has 0 fully saturated rings. The quantitative estimate of drug-likeness (QED) is 0.890. The smallest absolute Gasteiger partial charge is 0.220 e. The fraction of sp³-hybridized carbons (Fsp3) is 0.381. The maximum atomic E-state index is 13.7. The van der Waals surface area contributed by atoms with Gasteiger partial charge >= 0.3 is 0 Å². The number of hydrogen-bond donors (Lipinski definition) is 1. The molecule has 0 bridgehead atoms. The van der Waals surface area contributed by atoms with Gasteiger partial charge in [0.1, 0.15) is 17.2 Å². The number of fused-ring (bicyclic) bond motifs is 1. The molecule has 0 aliphatic carbocycles. The van der Waals surface area contributed by atoms with Crippen molar-refractivity contribution in [3.63, 3.8) is 0 Å². The van der Waals surface area contributed by atoms with Crippen LogP contribution in [-0.2, 0) is 11.2 Å². The number of ether oxygens (including phenoxy) is 1. The Hall–Kier alpha value is -2.36. The summed E-state index contributed by atoms with van der Waals surface area (Å²) < 4.78 is 19.7. The van der Waals surface area contributed by atoms with E-state index in [4.69, 9.17) is 4.74 Å². The molecule has 1 atom stereocenters. The molecule has 25 heavy (non-hydrogen) atoms. The van der Waals surface area contributed by atoms with Crippen LogP contribution in [-0.4, -0.2) is 11.5 Å². The summed E-state index contributed by atoms with van der Waals surface area (Å²) in [5.41, 5.74) is 2.36. The highest BCUT2D eigenvalue weighted by atomic mass is 19.1. The lowest BCUT2D eigenvalue weighted by Gasteiger charge is -2.38. The summed E-state index contributed by atoms with van der Waals surface area (Å²) in [6, 6.07) is 12.5. The Balaban J connectivity index is 1.70. The lowest BCUT2D eigenvalue weighted by atomic mass is 9.89. The minimum absolute atomic E-state index is 0.0718. The van der Waals surface area contributed by atoms with Gasteiger partial charge in [-0.25, -0.2) is 4.39 Å². The first-order valence-electron chi connectivity index (χ1n) is 8.66. The molecule has 1 heterocycles. The van der Waals surface area contributed by atoms with Crippen LogP contribution in [0.5, 0.6) is 5.75 Å². The molecule has 2 aromatic rings. The summed E-state index contributed by atoms with van der Waals surface area (Å²) in [6.07, 6.45) is 1.36. The standard InChI is InChI=1S/C21H24FNO2/c1-14-8-10-16-18(13-21(2,3)25-19(16)12-14)23-20(24)11-9-15-6-4-5-7-17(15)22/h4-8,10,12,18H,9,11,13H2,1-3H3,(H,23,24)/t18-/m0/s1. The van der Waals surface area contributed by atoms with Gasteiger partial charge in [-0.2, -0.15) is 0 Å². The number of carbonyl (C=O) groups excluding carboxylic acids is 1. The highest BCUT2D eigenvalue weighted by molar-refractivity contribution is 5.77. The summed E-state index contributed by atoms with van der Waals surface area (Å²) in [4.78, 5) is 12.4. The molecule has 1 amide bonds. The molecule has 132 valence electrons. The van der Waals surface area contributed by atoms with Gasteiger partial charge in [-0.1, -0.05) is 30.3 Å². The summed E-state index contributed by atoms with van der Waals surface area (Å²) in [5, 5.41) is 3.10. The Kier molecular flexibility index (Phi) is 4.80. The van der Waals surface area contributed by atoms with Crippen molar-refractivity contribution in [2.24, 2.45) is 0 Å². The first-order valence-corrected chi connectivity index (χ1v) is 8.66. The SMILES string of the molecule is Cc1ccc2c(c1)OC(C)(C)C[C@@H]2NC(=O)CCc1ccccc1F. The predicted molar refractivity (Wildman–Crippen MR) is 96.1 cm³/mol. The van der Waals surface area contributed by atoms with Gasteiger partial charge in [0.2, 0.25) is 5.91 Å². The maximum Gasteiger partial charge on any atom is 0.220 e. The fourth-order valence-corrected chi connectivity index (χ4v) is 3.30.